The molecule has 28 valence electrons. The van der Waals surface area contributed by atoms with Gasteiger partial charge in [0, 0.05) is 0 Å². The Bertz CT molecular complexity index is 24.8. The van der Waals surface area contributed by atoms with Crippen molar-refractivity contribution < 1.29 is 0 Å². The van der Waals surface area contributed by atoms with E-state index < -0.39 is 0 Å². The average molecular weight is 70.1 g/mol. The van der Waals surface area contributed by atoms with E-state index >= 15 is 0 Å². The van der Waals surface area contributed by atoms with Gasteiger partial charge in [-0.25, -0.2) is 0 Å². The van der Waals surface area contributed by atoms with Crippen LogP contribution in [0, 0.1) is 0 Å². The van der Waals surface area contributed by atoms with Crippen molar-refractivity contribution in [2.24, 2.45) is 0 Å². The van der Waals surface area contributed by atoms with Gasteiger partial charge in [-0.2, -0.15) is 0 Å². The summed E-state index contributed by atoms with van der Waals surface area (Å²) >= 11 is 0. The van der Waals surface area contributed by atoms with Crippen LogP contribution in [0.2, 0.25) is 0 Å². The van der Waals surface area contributed by atoms with Crippen molar-refractivity contribution in [3.05, 3.63) is 12.7 Å². The molecule has 5 heavy (non-hydrogen) atoms. The van der Waals surface area contributed by atoms with Crippen molar-refractivity contribution >= 4 is 0 Å². The molecule has 1 heteroatoms. The quantitative estimate of drug-likeness (QED) is 0.418. The normalized spacial score (nSPS) is 7.40. The van der Waals surface area contributed by atoms with E-state index in [2.05, 4.69) is 11.9 Å². The highest BCUT2D eigenvalue weighted by atomic mass is 14.8. The van der Waals surface area contributed by atoms with Crippen LogP contribution in [0.4, 0.5) is 0 Å². The van der Waals surface area contributed by atoms with Gasteiger partial charge in [0.2, 0.25) is 6.54 Å². The van der Waals surface area contributed by atoms with Gasteiger partial charge in [0.15, 0.2) is 7.05 Å². The second-order valence-corrected chi connectivity index (χ2v) is 0.787. The molecule has 0 heterocycles. The predicted octanol–water partition coefficient (Wildman–Crippen LogP) is 0.407. The fourth-order valence-corrected chi connectivity index (χ4v) is 0.129. The number of rotatable bonds is 2. The lowest BCUT2D eigenvalue weighted by molar-refractivity contribution is 0.901. The summed E-state index contributed by atoms with van der Waals surface area (Å²) in [4.78, 5) is 0. The molecule has 0 aliphatic carbocycles. The standard InChI is InChI=1S/C4H8N/c1-3-4-5-2/h3H,1,4H2,2H3/q+1. The molecule has 0 fully saturated rings. The Morgan fingerprint density at radius 2 is 2.60 bits per heavy atom. The van der Waals surface area contributed by atoms with Gasteiger partial charge < -0.3 is 0 Å². The van der Waals surface area contributed by atoms with Crippen LogP contribution in [0.1, 0.15) is 0 Å². The molecule has 0 aliphatic heterocycles. The van der Waals surface area contributed by atoms with Crippen molar-refractivity contribution in [3.63, 3.8) is 0 Å². The van der Waals surface area contributed by atoms with Crippen LogP contribution < -0.4 is 5.32 Å². The van der Waals surface area contributed by atoms with Crippen LogP contribution in [-0.2, 0) is 0 Å². The second-order valence-electron chi connectivity index (χ2n) is 0.787. The Morgan fingerprint density at radius 3 is 2.60 bits per heavy atom. The van der Waals surface area contributed by atoms with Gasteiger partial charge in [-0.05, 0) is 6.08 Å². The van der Waals surface area contributed by atoms with E-state index in [0.29, 0.717) is 0 Å². The molecule has 2 radical (unpaired) electrons. The largest absolute Gasteiger partial charge is 0.201 e. The van der Waals surface area contributed by atoms with Crippen LogP contribution in [0.3, 0.4) is 0 Å². The highest BCUT2D eigenvalue weighted by Crippen LogP contribution is 1.52. The zero-order chi connectivity index (χ0) is 4.12. The lowest BCUT2D eigenvalue weighted by Crippen LogP contribution is -1.92. The molecule has 0 amide bonds. The summed E-state index contributed by atoms with van der Waals surface area (Å²) in [5, 5.41) is 3.74. The topological polar surface area (TPSA) is 14.1 Å². The smallest absolute Gasteiger partial charge is 0.0971 e. The minimum atomic E-state index is 0.778. The van der Waals surface area contributed by atoms with Gasteiger partial charge >= 0.3 is 0 Å². The molecule has 0 aromatic heterocycles. The first-order valence-corrected chi connectivity index (χ1v) is 1.58. The van der Waals surface area contributed by atoms with Crippen molar-refractivity contribution in [1.82, 2.24) is 5.32 Å². The number of hydrogen-bond donors (Lipinski definition) is 0. The molecule has 0 aromatic carbocycles. The average Bonchev–Trinajstić information content (AvgIpc) is 1.41. The Kier molecular flexibility index (Phi) is 3.48. The molecule has 0 aliphatic rings. The van der Waals surface area contributed by atoms with Crippen molar-refractivity contribution in [2.75, 3.05) is 13.6 Å². The van der Waals surface area contributed by atoms with Crippen LogP contribution >= 0.6 is 0 Å². The van der Waals surface area contributed by atoms with Crippen molar-refractivity contribution in [3.8, 4) is 0 Å². The third-order valence-corrected chi connectivity index (χ3v) is 0.312. The summed E-state index contributed by atoms with van der Waals surface area (Å²) < 4.78 is 0. The fourth-order valence-electron chi connectivity index (χ4n) is 0.129. The highest BCUT2D eigenvalue weighted by Gasteiger charge is 1.77. The van der Waals surface area contributed by atoms with E-state index in [1.54, 1.807) is 13.1 Å². The third-order valence-electron chi connectivity index (χ3n) is 0.312. The molecule has 1 nitrogen and oxygen atoms in total. The maximum absolute atomic E-state index is 3.74. The summed E-state index contributed by atoms with van der Waals surface area (Å²) in [6.45, 7) is 4.23. The van der Waals surface area contributed by atoms with Crippen LogP contribution in [-0.4, -0.2) is 13.6 Å². The van der Waals surface area contributed by atoms with Crippen LogP contribution in [0.25, 0.3) is 0 Å². The molecule has 0 bridgehead atoms. The van der Waals surface area contributed by atoms with Gasteiger partial charge in [0.05, 0.1) is 5.32 Å². The molecule has 0 atom stereocenters. The van der Waals surface area contributed by atoms with E-state index in [9.17, 15) is 0 Å². The first-order chi connectivity index (χ1) is 2.41. The molecule has 0 aromatic rings. The molecule has 0 rings (SSSR count). The zero-order valence-corrected chi connectivity index (χ0v) is 3.44. The van der Waals surface area contributed by atoms with Gasteiger partial charge in [0.25, 0.3) is 0 Å². The van der Waals surface area contributed by atoms with Crippen molar-refractivity contribution in [2.45, 2.75) is 0 Å². The van der Waals surface area contributed by atoms with Gasteiger partial charge in [-0.15, -0.1) is 0 Å². The first-order valence-electron chi connectivity index (χ1n) is 1.58. The van der Waals surface area contributed by atoms with Gasteiger partial charge in [-0.3, -0.25) is 0 Å². The van der Waals surface area contributed by atoms with Crippen LogP contribution in [0.5, 0.6) is 0 Å². The van der Waals surface area contributed by atoms with E-state index in [-0.39, 0.29) is 0 Å². The lowest BCUT2D eigenvalue weighted by Gasteiger charge is -1.57. The SMILES string of the molecule is C=CC[N+]C. The van der Waals surface area contributed by atoms with Crippen LogP contribution in [0.15, 0.2) is 12.7 Å². The summed E-state index contributed by atoms with van der Waals surface area (Å²) in [5.41, 5.74) is 0. The van der Waals surface area contributed by atoms with E-state index in [4.69, 9.17) is 0 Å². The Labute approximate surface area is 32.7 Å². The summed E-state index contributed by atoms with van der Waals surface area (Å²) in [6, 6.07) is 0. The third kappa shape index (κ3) is 3.70. The maximum atomic E-state index is 3.74. The Hall–Kier alpha value is -0.300. The Balaban J connectivity index is 2.40. The molecular weight excluding hydrogens is 62.1 g/mol. The molecule has 0 spiro atoms. The predicted molar refractivity (Wildman–Crippen MR) is 23.1 cm³/mol. The van der Waals surface area contributed by atoms with E-state index in [0.717, 1.165) is 6.54 Å². The molecule has 0 N–H and O–H groups in total. The monoisotopic (exact) mass is 70.1 g/mol. The zero-order valence-electron chi connectivity index (χ0n) is 3.44. The van der Waals surface area contributed by atoms with E-state index in [1.165, 1.54) is 0 Å². The molecular formula is C4H8N+. The first kappa shape index (κ1) is 4.70. The van der Waals surface area contributed by atoms with Gasteiger partial charge in [-0.1, -0.05) is 6.58 Å². The minimum Gasteiger partial charge on any atom is -0.0971 e. The summed E-state index contributed by atoms with van der Waals surface area (Å²) in [6.07, 6.45) is 1.76. The molecule has 0 unspecified atom stereocenters. The van der Waals surface area contributed by atoms with Gasteiger partial charge in [0.1, 0.15) is 0 Å². The highest BCUT2D eigenvalue weighted by molar-refractivity contribution is 4.66. The summed E-state index contributed by atoms with van der Waals surface area (Å²) in [7, 11) is 1.77. The molecule has 0 saturated heterocycles. The van der Waals surface area contributed by atoms with Crippen molar-refractivity contribution in [1.29, 1.82) is 0 Å². The number of likely N-dealkylation sites (N-methyl/N-ethyl adjacent to an activating group) is 1. The minimum absolute atomic E-state index is 0.778. The molecule has 0 saturated carbocycles. The summed E-state index contributed by atoms with van der Waals surface area (Å²) in [5.74, 6) is 0. The lowest BCUT2D eigenvalue weighted by atomic mass is 10.6. The maximum Gasteiger partial charge on any atom is 0.201 e. The van der Waals surface area contributed by atoms with E-state index in [1.807, 2.05) is 0 Å². The Morgan fingerprint density at radius 1 is 2.00 bits per heavy atom. The number of hydrogen-bond acceptors (Lipinski definition) is 0. The second kappa shape index (κ2) is 3.70. The fraction of sp³-hybridized carbons (Fsp3) is 0.500. The number of nitrogens with zero attached hydrogens (tertiary/aromatic N) is 1.